The maximum absolute atomic E-state index is 10.1. The molecule has 4 bridgehead atoms. The molecule has 0 saturated carbocycles. The number of nitriles is 2. The fourth-order valence-corrected chi connectivity index (χ4v) is 12.6. The van der Waals surface area contributed by atoms with Gasteiger partial charge < -0.3 is 0 Å². The minimum absolute atomic E-state index is 0.654. The molecule has 0 radical (unpaired) electrons. The molecule has 2 aromatic carbocycles. The summed E-state index contributed by atoms with van der Waals surface area (Å²) >= 11 is 11.2. The average molecular weight is 579 g/mol. The molecule has 0 N–H and O–H groups in total. The highest BCUT2D eigenvalue weighted by Crippen LogP contribution is 2.62. The van der Waals surface area contributed by atoms with Crippen molar-refractivity contribution in [2.24, 2.45) is 0 Å². The first-order valence-electron chi connectivity index (χ1n) is 11.5. The third-order valence-corrected chi connectivity index (χ3v) is 14.1. The first kappa shape index (κ1) is 26.1. The summed E-state index contributed by atoms with van der Waals surface area (Å²) in [7, 11) is 0. The number of rotatable bonds is 2. The van der Waals surface area contributed by atoms with Crippen molar-refractivity contribution in [2.45, 2.75) is 26.7 Å². The highest BCUT2D eigenvalue weighted by molar-refractivity contribution is 8.36. The van der Waals surface area contributed by atoms with Crippen LogP contribution >= 0.6 is 70.6 Å². The van der Waals surface area contributed by atoms with Crippen LogP contribution in [0.25, 0.3) is 11.1 Å². The van der Waals surface area contributed by atoms with E-state index in [0.29, 0.717) is 11.1 Å². The van der Waals surface area contributed by atoms with Crippen molar-refractivity contribution in [1.82, 2.24) is 0 Å². The van der Waals surface area contributed by atoms with Gasteiger partial charge >= 0.3 is 0 Å². The zero-order valence-corrected chi connectivity index (χ0v) is 24.7. The molecule has 2 nitrogen and oxygen atoms in total. The number of benzene rings is 2. The highest BCUT2D eigenvalue weighted by atomic mass is 32.2. The van der Waals surface area contributed by atoms with Crippen molar-refractivity contribution in [1.29, 1.82) is 10.5 Å². The molecule has 5 rings (SSSR count). The molecule has 2 aromatic rings. The van der Waals surface area contributed by atoms with Crippen LogP contribution in [0.2, 0.25) is 0 Å². The minimum Gasteiger partial charge on any atom is -0.192 e. The fourth-order valence-electron chi connectivity index (χ4n) is 4.01. The Bertz CT molecular complexity index is 1320. The first-order chi connectivity index (χ1) is 17.6. The molecule has 36 heavy (non-hydrogen) atoms. The van der Waals surface area contributed by atoms with Crippen LogP contribution in [0.15, 0.2) is 75.3 Å². The lowest BCUT2D eigenvalue weighted by Gasteiger charge is -2.20. The summed E-state index contributed by atoms with van der Waals surface area (Å²) in [6.45, 7) is 4.40. The lowest BCUT2D eigenvalue weighted by molar-refractivity contribution is 0.910. The standard InChI is InChI=1S/C28H22N2S6/c1-17-25-31-13-7-8-14-32-26-18(2)34-28(36-26)24(22-12-6-4-10-20(22)16-30)23(27(33-17)35-25)21-11-5-3-9-19(21)15-29/h3-6,9-12H,7-8,13-14H2,1-2H3/b27-23-,28-24-. The van der Waals surface area contributed by atoms with Gasteiger partial charge in [0.15, 0.2) is 0 Å². The van der Waals surface area contributed by atoms with Crippen molar-refractivity contribution >= 4 is 81.7 Å². The molecule has 0 amide bonds. The second-order valence-electron chi connectivity index (χ2n) is 8.14. The molecule has 3 aliphatic rings. The van der Waals surface area contributed by atoms with Gasteiger partial charge in [0.25, 0.3) is 0 Å². The molecule has 0 unspecified atom stereocenters. The van der Waals surface area contributed by atoms with Gasteiger partial charge in [-0.3, -0.25) is 0 Å². The Balaban J connectivity index is 1.82. The molecule has 0 atom stereocenters. The van der Waals surface area contributed by atoms with Crippen LogP contribution in [0.3, 0.4) is 0 Å². The quantitative estimate of drug-likeness (QED) is 0.349. The predicted molar refractivity (Wildman–Crippen MR) is 166 cm³/mol. The van der Waals surface area contributed by atoms with Crippen molar-refractivity contribution in [3.8, 4) is 12.1 Å². The second kappa shape index (κ2) is 11.9. The van der Waals surface area contributed by atoms with Gasteiger partial charge in [-0.05, 0) is 50.3 Å². The molecule has 0 aromatic heterocycles. The number of hydrogen-bond donors (Lipinski definition) is 0. The van der Waals surface area contributed by atoms with E-state index in [1.54, 1.807) is 23.5 Å². The summed E-state index contributed by atoms with van der Waals surface area (Å²) in [5, 5.41) is 20.2. The van der Waals surface area contributed by atoms with Gasteiger partial charge in [0.2, 0.25) is 0 Å². The van der Waals surface area contributed by atoms with Crippen LogP contribution in [-0.4, -0.2) is 11.5 Å². The summed E-state index contributed by atoms with van der Waals surface area (Å²) in [5.41, 5.74) is 5.28. The molecule has 0 saturated heterocycles. The Morgan fingerprint density at radius 2 is 1.00 bits per heavy atom. The molecule has 180 valence electrons. The van der Waals surface area contributed by atoms with Gasteiger partial charge in [0.05, 0.1) is 40.2 Å². The van der Waals surface area contributed by atoms with Crippen LogP contribution in [0.4, 0.5) is 0 Å². The predicted octanol–water partition coefficient (Wildman–Crippen LogP) is 10.1. The van der Waals surface area contributed by atoms with Crippen molar-refractivity contribution < 1.29 is 0 Å². The van der Waals surface area contributed by atoms with E-state index in [0.717, 1.165) is 33.8 Å². The van der Waals surface area contributed by atoms with Gasteiger partial charge in [-0.2, -0.15) is 10.5 Å². The van der Waals surface area contributed by atoms with E-state index in [1.165, 1.54) is 39.6 Å². The third-order valence-electron chi connectivity index (χ3n) is 5.73. The zero-order chi connectivity index (χ0) is 25.1. The Hall–Kier alpha value is -1.52. The van der Waals surface area contributed by atoms with E-state index < -0.39 is 0 Å². The lowest BCUT2D eigenvalue weighted by atomic mass is 9.90. The Morgan fingerprint density at radius 3 is 1.42 bits per heavy atom. The van der Waals surface area contributed by atoms with E-state index in [9.17, 15) is 10.5 Å². The second-order valence-corrected chi connectivity index (χ2v) is 15.9. The Labute approximate surface area is 238 Å². The van der Waals surface area contributed by atoms with Gasteiger partial charge in [0, 0.05) is 32.1 Å². The molecular formula is C28H22N2S6. The number of thioether (sulfide) groups is 6. The number of hydrogen-bond acceptors (Lipinski definition) is 8. The maximum Gasteiger partial charge on any atom is 0.0998 e. The summed E-state index contributed by atoms with van der Waals surface area (Å²) < 4.78 is 5.08. The molecule has 8 heteroatoms. The fraction of sp³-hybridized carbons (Fsp3) is 0.214. The average Bonchev–Trinajstić information content (AvgIpc) is 3.45. The monoisotopic (exact) mass is 578 g/mol. The van der Waals surface area contributed by atoms with Gasteiger partial charge in [-0.25, -0.2) is 0 Å². The van der Waals surface area contributed by atoms with Crippen LogP contribution in [0.5, 0.6) is 0 Å². The smallest absolute Gasteiger partial charge is 0.0998 e. The molecule has 0 spiro atoms. The van der Waals surface area contributed by atoms with Crippen LogP contribution < -0.4 is 0 Å². The summed E-state index contributed by atoms with van der Waals surface area (Å²) in [6, 6.07) is 20.6. The van der Waals surface area contributed by atoms with E-state index in [2.05, 4.69) is 38.1 Å². The minimum atomic E-state index is 0.654. The van der Waals surface area contributed by atoms with E-state index in [-0.39, 0.29) is 0 Å². The van der Waals surface area contributed by atoms with Gasteiger partial charge in [-0.1, -0.05) is 83.4 Å². The van der Waals surface area contributed by atoms with Crippen molar-refractivity contribution in [3.05, 3.63) is 97.5 Å². The number of nitrogens with zero attached hydrogens (tertiary/aromatic N) is 2. The molecule has 3 aliphatic heterocycles. The van der Waals surface area contributed by atoms with E-state index in [4.69, 9.17) is 0 Å². The third kappa shape index (κ3) is 5.36. The number of fused-ring (bicyclic) bond motifs is 4. The van der Waals surface area contributed by atoms with Crippen LogP contribution in [0, 0.1) is 22.7 Å². The van der Waals surface area contributed by atoms with Gasteiger partial charge in [-0.15, -0.1) is 23.5 Å². The van der Waals surface area contributed by atoms with E-state index in [1.807, 2.05) is 83.4 Å². The lowest BCUT2D eigenvalue weighted by Crippen LogP contribution is -1.99. The van der Waals surface area contributed by atoms with E-state index >= 15 is 0 Å². The maximum atomic E-state index is 10.1. The normalized spacial score (nSPS) is 22.9. The first-order valence-corrected chi connectivity index (χ1v) is 16.7. The molecule has 0 aliphatic carbocycles. The Kier molecular flexibility index (Phi) is 8.63. The topological polar surface area (TPSA) is 47.6 Å². The van der Waals surface area contributed by atoms with Crippen LogP contribution in [0.1, 0.15) is 48.9 Å². The SMILES string of the molecule is CC1=C2SCCCCSC3=C(C)S/C(=C(c4ccccc4C#N)/C(c4ccccc4C#N)=C(/S1)S2)S3. The largest absolute Gasteiger partial charge is 0.192 e. The summed E-state index contributed by atoms with van der Waals surface area (Å²) in [5.74, 6) is 2.23. The number of allylic oxidation sites excluding steroid dienone is 4. The summed E-state index contributed by atoms with van der Waals surface area (Å²) in [4.78, 5) is 2.63. The molecule has 0 fully saturated rings. The van der Waals surface area contributed by atoms with Crippen LogP contribution in [-0.2, 0) is 0 Å². The molecular weight excluding hydrogens is 557 g/mol. The summed E-state index contributed by atoms with van der Waals surface area (Å²) in [6.07, 6.45) is 2.41. The highest BCUT2D eigenvalue weighted by Gasteiger charge is 2.32. The molecule has 3 heterocycles. The van der Waals surface area contributed by atoms with Crippen molar-refractivity contribution in [2.75, 3.05) is 11.5 Å². The zero-order valence-electron chi connectivity index (χ0n) is 19.8. The van der Waals surface area contributed by atoms with Crippen molar-refractivity contribution in [3.63, 3.8) is 0 Å². The van der Waals surface area contributed by atoms with Gasteiger partial charge in [0.1, 0.15) is 0 Å². The Morgan fingerprint density at radius 1 is 0.583 bits per heavy atom.